The van der Waals surface area contributed by atoms with E-state index in [1.165, 1.54) is 11.3 Å². The molecule has 26 heavy (non-hydrogen) atoms. The molecular weight excluding hydrogens is 370 g/mol. The van der Waals surface area contributed by atoms with E-state index in [0.29, 0.717) is 11.4 Å². The van der Waals surface area contributed by atoms with Crippen LogP contribution in [-0.4, -0.2) is 18.6 Å². The summed E-state index contributed by atoms with van der Waals surface area (Å²) in [4.78, 5) is 4.69. The number of nitrogens with one attached hydrogen (secondary N) is 1. The quantitative estimate of drug-likeness (QED) is 0.564. The van der Waals surface area contributed by atoms with E-state index in [9.17, 15) is 8.42 Å². The van der Waals surface area contributed by atoms with Crippen molar-refractivity contribution >= 4 is 37.3 Å². The first-order valence-electron chi connectivity index (χ1n) is 7.86. The molecule has 132 valence electrons. The molecule has 6 nitrogen and oxygen atoms in total. The van der Waals surface area contributed by atoms with E-state index in [2.05, 4.69) is 14.9 Å². The van der Waals surface area contributed by atoms with Crippen LogP contribution in [0.4, 0.5) is 5.69 Å². The van der Waals surface area contributed by atoms with Crippen LogP contribution in [-0.2, 0) is 10.0 Å². The van der Waals surface area contributed by atoms with E-state index in [-0.39, 0.29) is 10.7 Å². The van der Waals surface area contributed by atoms with E-state index in [0.717, 1.165) is 20.8 Å². The van der Waals surface area contributed by atoms with Crippen molar-refractivity contribution in [1.82, 2.24) is 10.1 Å². The smallest absolute Gasteiger partial charge is 0.267 e. The Bertz CT molecular complexity index is 1160. The average Bonchev–Trinajstić information content (AvgIpc) is 3.18. The lowest BCUT2D eigenvalue weighted by molar-refractivity contribution is 0.390. The molecule has 0 atom stereocenters. The van der Waals surface area contributed by atoms with Gasteiger partial charge in [0.25, 0.3) is 10.0 Å². The number of aromatic nitrogens is 2. The molecule has 0 saturated heterocycles. The van der Waals surface area contributed by atoms with Gasteiger partial charge in [0.15, 0.2) is 10.7 Å². The predicted molar refractivity (Wildman–Crippen MR) is 102 cm³/mol. The molecule has 2 heterocycles. The van der Waals surface area contributed by atoms with Crippen molar-refractivity contribution in [2.24, 2.45) is 0 Å². The molecule has 0 aliphatic carbocycles. The van der Waals surface area contributed by atoms with Gasteiger partial charge in [-0.3, -0.25) is 4.72 Å². The van der Waals surface area contributed by atoms with Gasteiger partial charge < -0.3 is 4.52 Å². The topological polar surface area (TPSA) is 85.1 Å². The zero-order valence-electron chi connectivity index (χ0n) is 14.1. The number of anilines is 1. The number of aryl methyl sites for hydroxylation is 2. The monoisotopic (exact) mass is 385 g/mol. The Labute approximate surface area is 154 Å². The Balaban J connectivity index is 1.79. The first-order valence-corrected chi connectivity index (χ1v) is 10.2. The van der Waals surface area contributed by atoms with Crippen molar-refractivity contribution in [2.75, 3.05) is 4.72 Å². The lowest BCUT2D eigenvalue weighted by atomic mass is 10.2. The molecule has 0 spiro atoms. The van der Waals surface area contributed by atoms with Crippen LogP contribution in [0.2, 0.25) is 0 Å². The summed E-state index contributed by atoms with van der Waals surface area (Å²) < 4.78 is 34.4. The Kier molecular flexibility index (Phi) is 4.01. The molecule has 4 aromatic rings. The van der Waals surface area contributed by atoms with Gasteiger partial charge in [-0.25, -0.2) is 13.4 Å². The van der Waals surface area contributed by atoms with Crippen LogP contribution in [0.25, 0.3) is 20.8 Å². The van der Waals surface area contributed by atoms with Gasteiger partial charge in [0.1, 0.15) is 10.7 Å². The van der Waals surface area contributed by atoms with Crippen LogP contribution in [0.1, 0.15) is 11.5 Å². The Morgan fingerprint density at radius 3 is 2.50 bits per heavy atom. The predicted octanol–water partition coefficient (Wildman–Crippen LogP) is 4.37. The highest BCUT2D eigenvalue weighted by Crippen LogP contribution is 2.35. The largest absolute Gasteiger partial charge is 0.360 e. The summed E-state index contributed by atoms with van der Waals surface area (Å²) in [5, 5.41) is 4.48. The number of para-hydroxylation sites is 2. The second-order valence-corrected chi connectivity index (χ2v) is 8.44. The second-order valence-electron chi connectivity index (χ2n) is 5.79. The highest BCUT2D eigenvalue weighted by molar-refractivity contribution is 7.92. The zero-order valence-corrected chi connectivity index (χ0v) is 15.7. The highest BCUT2D eigenvalue weighted by Gasteiger charge is 2.25. The van der Waals surface area contributed by atoms with Crippen molar-refractivity contribution in [3.05, 3.63) is 60.0 Å². The van der Waals surface area contributed by atoms with Gasteiger partial charge in [-0.2, -0.15) is 0 Å². The molecule has 0 aliphatic rings. The third-order valence-corrected chi connectivity index (χ3v) is 6.61. The number of nitrogens with zero attached hydrogens (tertiary/aromatic N) is 2. The molecule has 0 amide bonds. The fourth-order valence-corrected chi connectivity index (χ4v) is 5.22. The molecule has 0 saturated carbocycles. The molecule has 0 bridgehead atoms. The molecule has 0 aliphatic heterocycles. The minimum atomic E-state index is -3.82. The third kappa shape index (κ3) is 2.87. The molecule has 2 aromatic carbocycles. The normalized spacial score (nSPS) is 11.8. The number of hydrogen-bond acceptors (Lipinski definition) is 6. The van der Waals surface area contributed by atoms with Gasteiger partial charge in [-0.1, -0.05) is 29.4 Å². The van der Waals surface area contributed by atoms with E-state index in [1.807, 2.05) is 36.4 Å². The van der Waals surface area contributed by atoms with Crippen molar-refractivity contribution in [3.63, 3.8) is 0 Å². The highest BCUT2D eigenvalue weighted by atomic mass is 32.2. The van der Waals surface area contributed by atoms with Crippen molar-refractivity contribution in [2.45, 2.75) is 18.7 Å². The fourth-order valence-electron chi connectivity index (χ4n) is 2.80. The minimum absolute atomic E-state index is 0.0663. The van der Waals surface area contributed by atoms with Crippen molar-refractivity contribution < 1.29 is 12.9 Å². The van der Waals surface area contributed by atoms with Crippen molar-refractivity contribution in [3.8, 4) is 10.6 Å². The molecule has 0 fully saturated rings. The molecular formula is C18H15N3O3S2. The summed E-state index contributed by atoms with van der Waals surface area (Å²) in [6, 6.07) is 15.0. The number of benzene rings is 2. The average molecular weight is 385 g/mol. The van der Waals surface area contributed by atoms with Crippen LogP contribution in [0, 0.1) is 13.8 Å². The first-order chi connectivity index (χ1) is 12.5. The molecule has 4 rings (SSSR count). The lowest BCUT2D eigenvalue weighted by Gasteiger charge is -2.11. The Morgan fingerprint density at radius 1 is 1.04 bits per heavy atom. The third-order valence-electron chi connectivity index (χ3n) is 3.93. The summed E-state index contributed by atoms with van der Waals surface area (Å²) in [7, 11) is -3.82. The van der Waals surface area contributed by atoms with Gasteiger partial charge in [0, 0.05) is 5.56 Å². The summed E-state index contributed by atoms with van der Waals surface area (Å²) in [6.45, 7) is 3.18. The SMILES string of the molecule is Cc1noc(C)c1S(=O)(=O)Nc1ccccc1-c1nc2ccccc2s1. The summed E-state index contributed by atoms with van der Waals surface area (Å²) in [5.41, 5.74) is 2.40. The van der Waals surface area contributed by atoms with Gasteiger partial charge in [-0.15, -0.1) is 11.3 Å². The summed E-state index contributed by atoms with van der Waals surface area (Å²) in [5.74, 6) is 0.257. The van der Waals surface area contributed by atoms with Gasteiger partial charge in [0.05, 0.1) is 15.9 Å². The van der Waals surface area contributed by atoms with E-state index in [1.54, 1.807) is 26.0 Å². The van der Waals surface area contributed by atoms with E-state index >= 15 is 0 Å². The summed E-state index contributed by atoms with van der Waals surface area (Å²) >= 11 is 1.52. The molecule has 0 radical (unpaired) electrons. The minimum Gasteiger partial charge on any atom is -0.360 e. The van der Waals surface area contributed by atoms with Crippen LogP contribution in [0.15, 0.2) is 57.9 Å². The lowest BCUT2D eigenvalue weighted by Crippen LogP contribution is -2.15. The van der Waals surface area contributed by atoms with Gasteiger partial charge >= 0.3 is 0 Å². The number of fused-ring (bicyclic) bond motifs is 1. The Morgan fingerprint density at radius 2 is 1.77 bits per heavy atom. The molecule has 0 unspecified atom stereocenters. The van der Waals surface area contributed by atoms with Crippen molar-refractivity contribution in [1.29, 1.82) is 0 Å². The molecule has 8 heteroatoms. The van der Waals surface area contributed by atoms with Crippen LogP contribution in [0.3, 0.4) is 0 Å². The number of thiazole rings is 1. The maximum absolute atomic E-state index is 12.8. The standard InChI is InChI=1S/C18H15N3O3S2/c1-11-17(12(2)24-20-11)26(22,23)21-14-8-4-3-7-13(14)18-19-15-9-5-6-10-16(15)25-18/h3-10,21H,1-2H3. The summed E-state index contributed by atoms with van der Waals surface area (Å²) in [6.07, 6.45) is 0. The Hall–Kier alpha value is -2.71. The van der Waals surface area contributed by atoms with Gasteiger partial charge in [0.2, 0.25) is 0 Å². The van der Waals surface area contributed by atoms with Gasteiger partial charge in [-0.05, 0) is 38.1 Å². The molecule has 2 aromatic heterocycles. The van der Waals surface area contributed by atoms with E-state index < -0.39 is 10.0 Å². The number of sulfonamides is 1. The number of rotatable bonds is 4. The second kappa shape index (κ2) is 6.22. The van der Waals surface area contributed by atoms with Crippen LogP contribution in [0.5, 0.6) is 0 Å². The maximum Gasteiger partial charge on any atom is 0.267 e. The zero-order chi connectivity index (χ0) is 18.3. The van der Waals surface area contributed by atoms with Crippen LogP contribution >= 0.6 is 11.3 Å². The number of hydrogen-bond donors (Lipinski definition) is 1. The maximum atomic E-state index is 12.8. The molecule has 1 N–H and O–H groups in total. The van der Waals surface area contributed by atoms with Crippen LogP contribution < -0.4 is 4.72 Å². The van der Waals surface area contributed by atoms with E-state index in [4.69, 9.17) is 4.52 Å². The fraction of sp³-hybridized carbons (Fsp3) is 0.111. The first kappa shape index (κ1) is 16.7.